The summed E-state index contributed by atoms with van der Waals surface area (Å²) in [7, 11) is -1.27. The molecule has 2 aliphatic heterocycles. The molecule has 7 nitrogen and oxygen atoms in total. The van der Waals surface area contributed by atoms with Crippen LogP contribution in [0.5, 0.6) is 0 Å². The van der Waals surface area contributed by atoms with Gasteiger partial charge < -0.3 is 15.0 Å². The first-order chi connectivity index (χ1) is 20.1. The second-order valence-corrected chi connectivity index (χ2v) is 19.3. The summed E-state index contributed by atoms with van der Waals surface area (Å²) in [6.45, 7) is 9.97. The number of nitrogens with one attached hydrogen (secondary N) is 1. The molecule has 0 radical (unpaired) electrons. The maximum atomic E-state index is 13.4. The number of nitrogens with zero attached hydrogens (tertiary/aromatic N) is 2. The maximum absolute atomic E-state index is 13.4. The Morgan fingerprint density at radius 3 is 2.52 bits per heavy atom. The fourth-order valence-corrected chi connectivity index (χ4v) is 7.45. The van der Waals surface area contributed by atoms with E-state index in [4.69, 9.17) is 4.74 Å². The Bertz CT molecular complexity index is 1280. The Balaban J connectivity index is 1.22. The van der Waals surface area contributed by atoms with Crippen molar-refractivity contribution in [3.63, 3.8) is 0 Å². The molecule has 2 aromatic carbocycles. The van der Waals surface area contributed by atoms with Gasteiger partial charge in [0.25, 0.3) is 11.8 Å². The minimum Gasteiger partial charge on any atom is -0.361 e. The highest BCUT2D eigenvalue weighted by molar-refractivity contribution is 6.76. The SMILES string of the molecule is CC(N[C@H]1CCCC[C@@H]1Cc1ccc2c(c1)CN(C1CCC(=O)N(COCC[Si](C)(C)C)C1=O)C2=O)c1ccccc1. The summed E-state index contributed by atoms with van der Waals surface area (Å²) in [6.07, 6.45) is 6.46. The lowest BCUT2D eigenvalue weighted by Crippen LogP contribution is -2.55. The topological polar surface area (TPSA) is 79.0 Å². The zero-order valence-electron chi connectivity index (χ0n) is 25.7. The van der Waals surface area contributed by atoms with E-state index < -0.39 is 14.1 Å². The van der Waals surface area contributed by atoms with E-state index in [0.29, 0.717) is 43.1 Å². The van der Waals surface area contributed by atoms with Crippen molar-refractivity contribution in [1.82, 2.24) is 15.1 Å². The van der Waals surface area contributed by atoms with Gasteiger partial charge in [-0.25, -0.2) is 0 Å². The van der Waals surface area contributed by atoms with Gasteiger partial charge in [-0.2, -0.15) is 0 Å². The summed E-state index contributed by atoms with van der Waals surface area (Å²) in [5.41, 5.74) is 4.22. The Hall–Kier alpha value is -2.81. The summed E-state index contributed by atoms with van der Waals surface area (Å²) in [5.74, 6) is -0.105. The highest BCUT2D eigenvalue weighted by atomic mass is 28.3. The minimum atomic E-state index is -1.27. The molecule has 4 atom stereocenters. The number of hydrogen-bond acceptors (Lipinski definition) is 5. The summed E-state index contributed by atoms with van der Waals surface area (Å²) < 4.78 is 5.75. The fourth-order valence-electron chi connectivity index (χ4n) is 6.69. The third-order valence-corrected chi connectivity index (χ3v) is 11.0. The number of rotatable bonds is 11. The number of piperidine rings is 1. The fraction of sp³-hybridized carbons (Fsp3) is 0.559. The molecule has 0 spiro atoms. The number of imide groups is 1. The van der Waals surface area contributed by atoms with Gasteiger partial charge in [0, 0.05) is 45.3 Å². The Morgan fingerprint density at radius 1 is 1.00 bits per heavy atom. The molecule has 1 saturated heterocycles. The van der Waals surface area contributed by atoms with Crippen LogP contribution in [0.4, 0.5) is 0 Å². The van der Waals surface area contributed by atoms with E-state index >= 15 is 0 Å². The summed E-state index contributed by atoms with van der Waals surface area (Å²) in [6, 6.07) is 17.9. The van der Waals surface area contributed by atoms with Crippen LogP contribution < -0.4 is 5.32 Å². The zero-order chi connectivity index (χ0) is 29.9. The van der Waals surface area contributed by atoms with Crippen LogP contribution in [0.2, 0.25) is 25.7 Å². The van der Waals surface area contributed by atoms with Crippen LogP contribution in [0.25, 0.3) is 0 Å². The lowest BCUT2D eigenvalue weighted by molar-refractivity contribution is -0.158. The van der Waals surface area contributed by atoms with Gasteiger partial charge in [-0.3, -0.25) is 19.3 Å². The van der Waals surface area contributed by atoms with Crippen LogP contribution in [0.3, 0.4) is 0 Å². The summed E-state index contributed by atoms with van der Waals surface area (Å²) >= 11 is 0. The number of fused-ring (bicyclic) bond motifs is 1. The second-order valence-electron chi connectivity index (χ2n) is 13.6. The molecule has 3 aliphatic rings. The molecule has 0 aromatic heterocycles. The van der Waals surface area contributed by atoms with Crippen molar-refractivity contribution in [3.8, 4) is 0 Å². The van der Waals surface area contributed by atoms with E-state index in [1.165, 1.54) is 41.7 Å². The molecule has 0 bridgehead atoms. The van der Waals surface area contributed by atoms with Crippen LogP contribution in [-0.4, -0.2) is 61.0 Å². The number of ether oxygens (including phenoxy) is 1. The Kier molecular flexibility index (Phi) is 9.65. The number of carbonyl (C=O) groups is 3. The third-order valence-electron chi connectivity index (χ3n) is 9.25. The number of amides is 3. The summed E-state index contributed by atoms with van der Waals surface area (Å²) in [5, 5.41) is 3.91. The maximum Gasteiger partial charge on any atom is 0.255 e. The molecular formula is C34H47N3O4Si. The van der Waals surface area contributed by atoms with E-state index in [2.05, 4.69) is 74.3 Å². The quantitative estimate of drug-likeness (QED) is 0.200. The summed E-state index contributed by atoms with van der Waals surface area (Å²) in [4.78, 5) is 42.3. The number of likely N-dealkylation sites (tertiary alicyclic amines) is 1. The van der Waals surface area contributed by atoms with E-state index in [-0.39, 0.29) is 30.9 Å². The average Bonchev–Trinajstić information content (AvgIpc) is 3.28. The largest absolute Gasteiger partial charge is 0.361 e. The second kappa shape index (κ2) is 13.2. The Labute approximate surface area is 252 Å². The smallest absolute Gasteiger partial charge is 0.255 e. The predicted molar refractivity (Wildman–Crippen MR) is 168 cm³/mol. The van der Waals surface area contributed by atoms with E-state index in [0.717, 1.165) is 18.0 Å². The molecule has 2 aromatic rings. The van der Waals surface area contributed by atoms with Gasteiger partial charge in [-0.1, -0.05) is 74.9 Å². The highest BCUT2D eigenvalue weighted by Crippen LogP contribution is 2.33. The zero-order valence-corrected chi connectivity index (χ0v) is 26.7. The molecule has 3 amide bonds. The van der Waals surface area contributed by atoms with Crippen LogP contribution in [0, 0.1) is 5.92 Å². The van der Waals surface area contributed by atoms with Gasteiger partial charge in [-0.15, -0.1) is 0 Å². The molecular weight excluding hydrogens is 542 g/mol. The van der Waals surface area contributed by atoms with E-state index in [1.807, 2.05) is 6.07 Å². The minimum absolute atomic E-state index is 0.0305. The molecule has 226 valence electrons. The van der Waals surface area contributed by atoms with Gasteiger partial charge in [0.05, 0.1) is 0 Å². The third kappa shape index (κ3) is 7.21. The van der Waals surface area contributed by atoms with Gasteiger partial charge in [0.1, 0.15) is 12.8 Å². The molecule has 5 rings (SSSR count). The molecule has 2 fully saturated rings. The predicted octanol–water partition coefficient (Wildman–Crippen LogP) is 5.92. The molecule has 42 heavy (non-hydrogen) atoms. The number of benzene rings is 2. The molecule has 8 heteroatoms. The molecule has 1 N–H and O–H groups in total. The number of carbonyl (C=O) groups excluding carboxylic acids is 3. The van der Waals surface area contributed by atoms with E-state index in [1.54, 1.807) is 4.90 Å². The van der Waals surface area contributed by atoms with Crippen molar-refractivity contribution in [2.24, 2.45) is 5.92 Å². The van der Waals surface area contributed by atoms with Crippen LogP contribution in [0.1, 0.15) is 78.5 Å². The Morgan fingerprint density at radius 2 is 1.76 bits per heavy atom. The monoisotopic (exact) mass is 589 g/mol. The van der Waals surface area contributed by atoms with Crippen molar-refractivity contribution in [3.05, 3.63) is 70.8 Å². The van der Waals surface area contributed by atoms with Crippen molar-refractivity contribution < 1.29 is 19.1 Å². The van der Waals surface area contributed by atoms with Crippen molar-refractivity contribution in [2.75, 3.05) is 13.3 Å². The van der Waals surface area contributed by atoms with Crippen LogP contribution in [-0.2, 0) is 27.3 Å². The van der Waals surface area contributed by atoms with Gasteiger partial charge >= 0.3 is 0 Å². The van der Waals surface area contributed by atoms with Gasteiger partial charge in [0.15, 0.2) is 0 Å². The standard InChI is InChI=1S/C34H47N3O4Si/c1-24(26-10-6-5-7-11-26)35-30-13-9-8-12-27(30)20-25-14-15-29-28(21-25)22-36(33(29)39)31-16-17-32(38)37(34(31)40)23-41-18-19-42(2,3)4/h5-7,10-11,14-15,21,24,27,30-31,35H,8-9,12-13,16-20,22-23H2,1-4H3/t24?,27-,30+,31?/m1/s1. The van der Waals surface area contributed by atoms with Gasteiger partial charge in [0.2, 0.25) is 5.91 Å². The lowest BCUT2D eigenvalue weighted by atomic mass is 9.80. The molecule has 1 saturated carbocycles. The average molecular weight is 590 g/mol. The normalized spacial score (nSPS) is 23.8. The highest BCUT2D eigenvalue weighted by Gasteiger charge is 2.43. The molecule has 2 heterocycles. The molecule has 1 aliphatic carbocycles. The van der Waals surface area contributed by atoms with E-state index in [9.17, 15) is 14.4 Å². The van der Waals surface area contributed by atoms with Crippen LogP contribution >= 0.6 is 0 Å². The first kappa shape index (κ1) is 30.6. The first-order valence-corrected chi connectivity index (χ1v) is 19.5. The van der Waals surface area contributed by atoms with Crippen LogP contribution in [0.15, 0.2) is 48.5 Å². The van der Waals surface area contributed by atoms with Crippen molar-refractivity contribution in [2.45, 2.75) is 102 Å². The van der Waals surface area contributed by atoms with Gasteiger partial charge in [-0.05, 0) is 67.3 Å². The van der Waals surface area contributed by atoms with Crippen molar-refractivity contribution >= 4 is 25.8 Å². The first-order valence-electron chi connectivity index (χ1n) is 15.8. The van der Waals surface area contributed by atoms with Crippen molar-refractivity contribution in [1.29, 1.82) is 0 Å². The molecule has 2 unspecified atom stereocenters. The number of hydrogen-bond donors (Lipinski definition) is 1. The lowest BCUT2D eigenvalue weighted by Gasteiger charge is -2.35.